The Hall–Kier alpha value is -1.41. The molecule has 1 aromatic rings. The maximum atomic E-state index is 13.0. The molecule has 0 fully saturated rings. The molecule has 5 heteroatoms. The van der Waals surface area contributed by atoms with Gasteiger partial charge in [-0.2, -0.15) is 5.26 Å². The second kappa shape index (κ2) is 5.96. The molecule has 0 saturated carbocycles. The standard InChI is InChI=1S/C13H14BrFN2O/c1-13(2,14)12(18)17(9-16)7-6-10-4-3-5-11(15)8-10/h3-5,8H,6-7H2,1-2H3. The van der Waals surface area contributed by atoms with Crippen LogP contribution in [-0.4, -0.2) is 21.7 Å². The van der Waals surface area contributed by atoms with Crippen LogP contribution >= 0.6 is 15.9 Å². The lowest BCUT2D eigenvalue weighted by atomic mass is 10.1. The number of hydrogen-bond donors (Lipinski definition) is 0. The molecule has 0 saturated heterocycles. The van der Waals surface area contributed by atoms with E-state index in [9.17, 15) is 9.18 Å². The molecule has 1 rings (SSSR count). The van der Waals surface area contributed by atoms with Gasteiger partial charge in [-0.25, -0.2) is 9.29 Å². The molecular formula is C13H14BrFN2O. The van der Waals surface area contributed by atoms with Crippen LogP contribution in [0.15, 0.2) is 24.3 Å². The number of halogens is 2. The first-order chi connectivity index (χ1) is 8.34. The minimum absolute atomic E-state index is 0.244. The zero-order chi connectivity index (χ0) is 13.8. The van der Waals surface area contributed by atoms with E-state index in [1.54, 1.807) is 26.0 Å². The fourth-order valence-electron chi connectivity index (χ4n) is 1.45. The lowest BCUT2D eigenvalue weighted by Gasteiger charge is -2.21. The molecule has 0 unspecified atom stereocenters. The summed E-state index contributed by atoms with van der Waals surface area (Å²) in [5.74, 6) is -0.621. The van der Waals surface area contributed by atoms with E-state index in [1.807, 2.05) is 6.19 Å². The Labute approximate surface area is 114 Å². The van der Waals surface area contributed by atoms with Crippen LogP contribution in [-0.2, 0) is 11.2 Å². The predicted molar refractivity (Wildman–Crippen MR) is 70.4 cm³/mol. The molecule has 0 aliphatic rings. The average molecular weight is 313 g/mol. The minimum Gasteiger partial charge on any atom is -0.272 e. The minimum atomic E-state index is -0.773. The summed E-state index contributed by atoms with van der Waals surface area (Å²) < 4.78 is 12.2. The number of nitriles is 1. The van der Waals surface area contributed by atoms with Gasteiger partial charge < -0.3 is 0 Å². The summed E-state index contributed by atoms with van der Waals surface area (Å²) in [7, 11) is 0. The maximum Gasteiger partial charge on any atom is 0.251 e. The SMILES string of the molecule is CC(C)(Br)C(=O)N(C#N)CCc1cccc(F)c1. The number of benzene rings is 1. The first kappa shape index (κ1) is 14.7. The Morgan fingerprint density at radius 1 is 1.56 bits per heavy atom. The van der Waals surface area contributed by atoms with Crippen LogP contribution in [0.3, 0.4) is 0 Å². The fourth-order valence-corrected chi connectivity index (χ4v) is 1.67. The van der Waals surface area contributed by atoms with Crippen molar-refractivity contribution in [2.45, 2.75) is 24.6 Å². The van der Waals surface area contributed by atoms with Gasteiger partial charge in [0.05, 0.1) is 4.32 Å². The largest absolute Gasteiger partial charge is 0.272 e. The Morgan fingerprint density at radius 3 is 2.72 bits per heavy atom. The summed E-state index contributed by atoms with van der Waals surface area (Å²) in [5, 5.41) is 8.95. The lowest BCUT2D eigenvalue weighted by molar-refractivity contribution is -0.129. The zero-order valence-electron chi connectivity index (χ0n) is 10.3. The number of rotatable bonds is 4. The van der Waals surface area contributed by atoms with Gasteiger partial charge in [-0.15, -0.1) is 0 Å². The second-order valence-electron chi connectivity index (χ2n) is 4.41. The summed E-state index contributed by atoms with van der Waals surface area (Å²) >= 11 is 3.22. The van der Waals surface area contributed by atoms with E-state index in [1.165, 1.54) is 12.1 Å². The highest BCUT2D eigenvalue weighted by atomic mass is 79.9. The van der Waals surface area contributed by atoms with Crippen molar-refractivity contribution in [1.82, 2.24) is 4.90 Å². The smallest absolute Gasteiger partial charge is 0.251 e. The summed E-state index contributed by atoms with van der Waals surface area (Å²) in [5.41, 5.74) is 0.760. The van der Waals surface area contributed by atoms with E-state index in [0.717, 1.165) is 10.5 Å². The Balaban J connectivity index is 2.67. The number of hydrogen-bond acceptors (Lipinski definition) is 2. The van der Waals surface area contributed by atoms with Crippen LogP contribution in [0.2, 0.25) is 0 Å². The van der Waals surface area contributed by atoms with Crippen molar-refractivity contribution in [3.8, 4) is 6.19 Å². The Morgan fingerprint density at radius 2 is 2.22 bits per heavy atom. The molecule has 0 aromatic heterocycles. The molecule has 96 valence electrons. The molecule has 3 nitrogen and oxygen atoms in total. The van der Waals surface area contributed by atoms with E-state index in [-0.39, 0.29) is 18.3 Å². The Bertz CT molecular complexity index is 477. The fraction of sp³-hybridized carbons (Fsp3) is 0.385. The van der Waals surface area contributed by atoms with Crippen molar-refractivity contribution >= 4 is 21.8 Å². The van der Waals surface area contributed by atoms with Crippen LogP contribution in [0.4, 0.5) is 4.39 Å². The molecule has 18 heavy (non-hydrogen) atoms. The second-order valence-corrected chi connectivity index (χ2v) is 6.39. The third-order valence-corrected chi connectivity index (χ3v) is 2.73. The van der Waals surface area contributed by atoms with Gasteiger partial charge >= 0.3 is 0 Å². The zero-order valence-corrected chi connectivity index (χ0v) is 11.9. The van der Waals surface area contributed by atoms with Gasteiger partial charge in [-0.3, -0.25) is 4.79 Å². The maximum absolute atomic E-state index is 13.0. The number of alkyl halides is 1. The average Bonchev–Trinajstić information content (AvgIpc) is 2.28. The molecule has 0 aliphatic heterocycles. The van der Waals surface area contributed by atoms with Gasteiger partial charge in [0.1, 0.15) is 5.82 Å². The summed E-state index contributed by atoms with van der Waals surface area (Å²) in [6, 6.07) is 6.14. The molecule has 0 heterocycles. The molecule has 0 atom stereocenters. The third-order valence-electron chi connectivity index (χ3n) is 2.39. The van der Waals surface area contributed by atoms with Gasteiger partial charge in [0.2, 0.25) is 0 Å². The molecule has 0 radical (unpaired) electrons. The van der Waals surface area contributed by atoms with Gasteiger partial charge in [0.15, 0.2) is 6.19 Å². The van der Waals surface area contributed by atoms with Crippen LogP contribution in [0.25, 0.3) is 0 Å². The number of nitrogens with zero attached hydrogens (tertiary/aromatic N) is 2. The first-order valence-electron chi connectivity index (χ1n) is 5.49. The van der Waals surface area contributed by atoms with Gasteiger partial charge in [0.25, 0.3) is 5.91 Å². The summed E-state index contributed by atoms with van der Waals surface area (Å²) in [6.45, 7) is 3.61. The highest BCUT2D eigenvalue weighted by molar-refractivity contribution is 9.10. The van der Waals surface area contributed by atoms with Crippen LogP contribution in [0.1, 0.15) is 19.4 Å². The summed E-state index contributed by atoms with van der Waals surface area (Å²) in [6.07, 6.45) is 2.30. The van der Waals surface area contributed by atoms with E-state index in [2.05, 4.69) is 15.9 Å². The molecule has 0 N–H and O–H groups in total. The quantitative estimate of drug-likeness (QED) is 0.487. The highest BCUT2D eigenvalue weighted by Crippen LogP contribution is 2.19. The highest BCUT2D eigenvalue weighted by Gasteiger charge is 2.29. The monoisotopic (exact) mass is 312 g/mol. The number of carbonyl (C=O) groups excluding carboxylic acids is 1. The molecule has 0 aliphatic carbocycles. The van der Waals surface area contributed by atoms with E-state index < -0.39 is 4.32 Å². The van der Waals surface area contributed by atoms with Gasteiger partial charge in [-0.05, 0) is 38.0 Å². The molecule has 1 aromatic carbocycles. The van der Waals surface area contributed by atoms with Crippen molar-refractivity contribution in [3.05, 3.63) is 35.6 Å². The van der Waals surface area contributed by atoms with Crippen LogP contribution in [0, 0.1) is 17.3 Å². The predicted octanol–water partition coefficient (Wildman–Crippen LogP) is 2.85. The van der Waals surface area contributed by atoms with E-state index in [4.69, 9.17) is 5.26 Å². The van der Waals surface area contributed by atoms with E-state index >= 15 is 0 Å². The van der Waals surface area contributed by atoms with Crippen molar-refractivity contribution in [3.63, 3.8) is 0 Å². The van der Waals surface area contributed by atoms with E-state index in [0.29, 0.717) is 6.42 Å². The number of carbonyl (C=O) groups is 1. The normalized spacial score (nSPS) is 10.8. The topological polar surface area (TPSA) is 44.1 Å². The molecule has 0 bridgehead atoms. The van der Waals surface area contributed by atoms with Crippen molar-refractivity contribution in [1.29, 1.82) is 5.26 Å². The third kappa shape index (κ3) is 4.11. The lowest BCUT2D eigenvalue weighted by Crippen LogP contribution is -2.39. The van der Waals surface area contributed by atoms with Gasteiger partial charge in [-0.1, -0.05) is 28.1 Å². The molecular weight excluding hydrogens is 299 g/mol. The van der Waals surface area contributed by atoms with Crippen LogP contribution in [0.5, 0.6) is 0 Å². The van der Waals surface area contributed by atoms with Crippen molar-refractivity contribution < 1.29 is 9.18 Å². The Kier molecular flexibility index (Phi) is 4.85. The summed E-state index contributed by atoms with van der Waals surface area (Å²) in [4.78, 5) is 12.9. The first-order valence-corrected chi connectivity index (χ1v) is 6.29. The van der Waals surface area contributed by atoms with Crippen LogP contribution < -0.4 is 0 Å². The number of amides is 1. The van der Waals surface area contributed by atoms with Gasteiger partial charge in [0, 0.05) is 6.54 Å². The molecule has 1 amide bonds. The van der Waals surface area contributed by atoms with Crippen molar-refractivity contribution in [2.75, 3.05) is 6.54 Å². The molecule has 0 spiro atoms. The van der Waals surface area contributed by atoms with Crippen molar-refractivity contribution in [2.24, 2.45) is 0 Å².